The van der Waals surface area contributed by atoms with Crippen molar-refractivity contribution in [1.29, 1.82) is 0 Å². The maximum atomic E-state index is 10.1. The Bertz CT molecular complexity index is 816. The number of nitrogens with zero attached hydrogens (tertiary/aromatic N) is 3. The number of rotatable bonds is 4. The zero-order valence-electron chi connectivity index (χ0n) is 31.4. The molecule has 1 amide bonds. The molecule has 2 N–H and O–H groups in total. The number of hydrogen-bond acceptors (Lipinski definition) is 3. The van der Waals surface area contributed by atoms with Gasteiger partial charge in [0.2, 0.25) is 5.91 Å². The van der Waals surface area contributed by atoms with Crippen LogP contribution in [0.5, 0.6) is 0 Å². The molecular weight excluding hydrogens is 694 g/mol. The Hall–Kier alpha value is -0.452. The first-order valence-corrected chi connectivity index (χ1v) is 14.1. The van der Waals surface area contributed by atoms with Crippen molar-refractivity contribution in [2.45, 2.75) is 100 Å². The monoisotopic (exact) mass is 766 g/mol. The van der Waals surface area contributed by atoms with Gasteiger partial charge in [0.25, 0.3) is 0 Å². The first kappa shape index (κ1) is 62.4. The number of hydrogen-bond donors (Lipinski definition) is 1. The predicted octanol–water partition coefficient (Wildman–Crippen LogP) is 9.66. The van der Waals surface area contributed by atoms with E-state index in [1.807, 2.05) is 25.9 Å². The van der Waals surface area contributed by atoms with Crippen LogP contribution in [0.15, 0.2) is 53.5 Å². The van der Waals surface area contributed by atoms with Crippen LogP contribution in [-0.4, -0.2) is 63.8 Å². The van der Waals surface area contributed by atoms with Gasteiger partial charge in [0.1, 0.15) is 0 Å². The molecule has 0 saturated carbocycles. The Morgan fingerprint density at radius 3 is 0.841 bits per heavy atom. The number of amidine groups is 1. The van der Waals surface area contributed by atoms with E-state index in [4.69, 9.17) is 0 Å². The maximum absolute atomic E-state index is 10.1. The Labute approximate surface area is 327 Å². The molecule has 0 aliphatic heterocycles. The molecule has 254 valence electrons. The second-order valence-corrected chi connectivity index (χ2v) is 11.0. The summed E-state index contributed by atoms with van der Waals surface area (Å²) in [7, 11) is 10.7. The van der Waals surface area contributed by atoms with Gasteiger partial charge in [0, 0.05) is 108 Å². The second kappa shape index (κ2) is 37.0. The summed E-state index contributed by atoms with van der Waals surface area (Å²) in [6.07, 6.45) is 0. The summed E-state index contributed by atoms with van der Waals surface area (Å²) in [5.74, 6) is 3.72. The Morgan fingerprint density at radius 1 is 0.591 bits per heavy atom. The summed E-state index contributed by atoms with van der Waals surface area (Å²) in [5, 5.41) is 0. The molecule has 2 rings (SSSR count). The van der Waals surface area contributed by atoms with Crippen molar-refractivity contribution in [2.75, 3.05) is 42.3 Å². The molecule has 0 fully saturated rings. The minimum Gasteiger partial charge on any atom is -0.367 e. The van der Waals surface area contributed by atoms with Gasteiger partial charge in [-0.2, -0.15) is 0 Å². The smallest absolute Gasteiger partial charge is 0.218 e. The molecule has 2 radical (unpaired) electrons. The van der Waals surface area contributed by atoms with Crippen LogP contribution in [0.1, 0.15) is 123 Å². The molecule has 7 heteroatoms. The number of carbonyl (C=O) groups excluding carboxylic acids is 1. The van der Waals surface area contributed by atoms with Gasteiger partial charge in [-0.1, -0.05) is 111 Å². The van der Waals surface area contributed by atoms with Crippen molar-refractivity contribution in [2.24, 2.45) is 10.7 Å². The predicted molar refractivity (Wildman–Crippen MR) is 196 cm³/mol. The van der Waals surface area contributed by atoms with Gasteiger partial charge in [-0.25, -0.2) is 0 Å². The summed E-state index contributed by atoms with van der Waals surface area (Å²) in [5.41, 5.74) is 10.5. The van der Waals surface area contributed by atoms with Crippen LogP contribution in [0.25, 0.3) is 0 Å². The molecule has 0 heterocycles. The van der Waals surface area contributed by atoms with Crippen LogP contribution in [0, 0.1) is 14.9 Å². The summed E-state index contributed by atoms with van der Waals surface area (Å²) in [6.45, 7) is 21.5. The van der Waals surface area contributed by atoms with Crippen LogP contribution in [0.2, 0.25) is 0 Å². The average Bonchev–Trinajstić information content (AvgIpc) is 2.90. The van der Waals surface area contributed by atoms with Crippen LogP contribution < -0.4 is 5.73 Å². The van der Waals surface area contributed by atoms with Gasteiger partial charge in [-0.15, -0.1) is 0 Å². The number of carbonyl (C=O) groups is 1. The first-order chi connectivity index (χ1) is 18.1. The molecule has 0 aliphatic rings. The largest absolute Gasteiger partial charge is 0.367 e. The van der Waals surface area contributed by atoms with Crippen LogP contribution >= 0.6 is 0 Å². The Morgan fingerprint density at radius 2 is 0.773 bits per heavy atom. The molecule has 2 aromatic rings. The maximum Gasteiger partial charge on any atom is 0.218 e. The van der Waals surface area contributed by atoms with E-state index in [1.54, 1.807) is 21.1 Å². The van der Waals surface area contributed by atoms with Crippen molar-refractivity contribution in [3.8, 4) is 0 Å². The Balaban J connectivity index is -0.0000000641. The summed E-state index contributed by atoms with van der Waals surface area (Å²) in [4.78, 5) is 17.5. The molecule has 0 aliphatic carbocycles. The summed E-state index contributed by atoms with van der Waals surface area (Å²) >= 11 is 0. The average molecular weight is 767 g/mol. The molecule has 2 aromatic carbocycles. The van der Waals surface area contributed by atoms with E-state index in [1.165, 1.54) is 41.1 Å². The second-order valence-electron chi connectivity index (χ2n) is 11.0. The fourth-order valence-corrected chi connectivity index (χ4v) is 3.32. The molecule has 0 bridgehead atoms. The van der Waals surface area contributed by atoms with Gasteiger partial charge in [-0.3, -0.25) is 9.79 Å². The SMILES string of the molecule is C.CC(=O)N(C)C.CC(C)c1ccccc1C(C)C.CC(C)c1ccccc1C(C)C.CN.CN=C(C)N(C)C.[CH3-].[CH3-].[Y].[Y]. The van der Waals surface area contributed by atoms with E-state index in [0.29, 0.717) is 23.7 Å². The fourth-order valence-electron chi connectivity index (χ4n) is 3.32. The molecule has 0 atom stereocenters. The minimum absolute atomic E-state index is 0. The van der Waals surface area contributed by atoms with Gasteiger partial charge in [-0.05, 0) is 59.9 Å². The van der Waals surface area contributed by atoms with Crippen molar-refractivity contribution in [3.05, 3.63) is 85.6 Å². The molecule has 0 aromatic heterocycles. The third-order valence-corrected chi connectivity index (χ3v) is 6.08. The number of nitrogens with two attached hydrogens (primary N) is 1. The minimum atomic E-state index is 0. The normalized spacial score (nSPS) is 9.16. The van der Waals surface area contributed by atoms with Crippen molar-refractivity contribution >= 4 is 11.7 Å². The topological polar surface area (TPSA) is 61.9 Å². The Kier molecular flexibility index (Phi) is 52.5. The van der Waals surface area contributed by atoms with E-state index < -0.39 is 0 Å². The molecular formula is C37H72N4OY2-2. The van der Waals surface area contributed by atoms with Gasteiger partial charge in [0.05, 0.1) is 5.84 Å². The van der Waals surface area contributed by atoms with Gasteiger partial charge in [0.15, 0.2) is 0 Å². The van der Waals surface area contributed by atoms with E-state index >= 15 is 0 Å². The van der Waals surface area contributed by atoms with Crippen molar-refractivity contribution < 1.29 is 70.2 Å². The third-order valence-electron chi connectivity index (χ3n) is 6.08. The fraction of sp³-hybridized carbons (Fsp3) is 0.568. The molecule has 0 saturated heterocycles. The molecule has 0 spiro atoms. The van der Waals surface area contributed by atoms with Crippen molar-refractivity contribution in [3.63, 3.8) is 0 Å². The number of benzene rings is 2. The van der Waals surface area contributed by atoms with Gasteiger partial charge < -0.3 is 30.4 Å². The van der Waals surface area contributed by atoms with E-state index in [9.17, 15) is 4.79 Å². The van der Waals surface area contributed by atoms with E-state index in [2.05, 4.69) is 115 Å². The zero-order valence-corrected chi connectivity index (χ0v) is 37.1. The first-order valence-electron chi connectivity index (χ1n) is 14.1. The van der Waals surface area contributed by atoms with E-state index in [-0.39, 0.29) is 93.6 Å². The van der Waals surface area contributed by atoms with E-state index in [0.717, 1.165) is 5.84 Å². The van der Waals surface area contributed by atoms with Crippen LogP contribution in [0.3, 0.4) is 0 Å². The molecule has 0 unspecified atom stereocenters. The molecule has 5 nitrogen and oxygen atoms in total. The standard InChI is InChI=1S/2C12H18.C5H12N2.C4H9NO.CH5N.CH4.2CH3.2Y/c2*1-9(2)11-7-5-6-8-12(11)10(3)4;1-5(6-2)7(3)4;1-4(6)5(2)3;1-2;;;;;/h2*5-10H,1-4H3;1-4H3;1-3H3;2H2,1H3;1H4;2*1H3;;/q;;;;;;2*-1;;. The number of amides is 1. The van der Waals surface area contributed by atoms with Gasteiger partial charge >= 0.3 is 0 Å². The summed E-state index contributed by atoms with van der Waals surface area (Å²) < 4.78 is 0. The molecule has 44 heavy (non-hydrogen) atoms. The quantitative estimate of drug-likeness (QED) is 0.192. The zero-order chi connectivity index (χ0) is 31.3. The summed E-state index contributed by atoms with van der Waals surface area (Å²) in [6, 6.07) is 17.4. The van der Waals surface area contributed by atoms with Crippen LogP contribution in [0.4, 0.5) is 0 Å². The van der Waals surface area contributed by atoms with Crippen molar-refractivity contribution in [1.82, 2.24) is 9.80 Å². The number of aliphatic imine (C=N–C) groups is 1. The van der Waals surface area contributed by atoms with Crippen LogP contribution in [-0.2, 0) is 70.2 Å². The third kappa shape index (κ3) is 30.2.